The molecule has 0 radical (unpaired) electrons. The van der Waals surface area contributed by atoms with Gasteiger partial charge in [-0.3, -0.25) is 4.79 Å². The average Bonchev–Trinajstić information content (AvgIpc) is 2.60. The SMILES string of the molecule is O=C1CC(Br)CN1Cc1ccc2c(c1)OCCCO2. The number of ether oxygens (including phenoxy) is 2. The van der Waals surface area contributed by atoms with Crippen molar-refractivity contribution in [2.75, 3.05) is 19.8 Å². The van der Waals surface area contributed by atoms with Crippen molar-refractivity contribution in [3.8, 4) is 11.5 Å². The third-order valence-electron chi connectivity index (χ3n) is 3.35. The van der Waals surface area contributed by atoms with Crippen LogP contribution in [0, 0.1) is 0 Å². The van der Waals surface area contributed by atoms with Crippen molar-refractivity contribution in [2.24, 2.45) is 0 Å². The number of likely N-dealkylation sites (tertiary alicyclic amines) is 1. The van der Waals surface area contributed by atoms with Gasteiger partial charge in [0.2, 0.25) is 5.91 Å². The first-order valence-corrected chi connectivity index (χ1v) is 7.44. The normalized spacial score (nSPS) is 22.5. The molecule has 1 aromatic rings. The molecule has 19 heavy (non-hydrogen) atoms. The number of halogens is 1. The topological polar surface area (TPSA) is 38.8 Å². The second-order valence-electron chi connectivity index (χ2n) is 4.91. The lowest BCUT2D eigenvalue weighted by atomic mass is 10.2. The van der Waals surface area contributed by atoms with Crippen molar-refractivity contribution in [1.29, 1.82) is 0 Å². The molecule has 1 amide bonds. The molecule has 1 unspecified atom stereocenters. The molecule has 2 aliphatic heterocycles. The number of amides is 1. The summed E-state index contributed by atoms with van der Waals surface area (Å²) in [4.78, 5) is 13.9. The van der Waals surface area contributed by atoms with Crippen molar-refractivity contribution >= 4 is 21.8 Å². The first-order valence-electron chi connectivity index (χ1n) is 6.53. The Bertz CT molecular complexity index is 492. The molecule has 0 bridgehead atoms. The number of benzene rings is 1. The highest BCUT2D eigenvalue weighted by Gasteiger charge is 2.27. The molecule has 4 nitrogen and oxygen atoms in total. The van der Waals surface area contributed by atoms with Crippen LogP contribution < -0.4 is 9.47 Å². The van der Waals surface area contributed by atoms with Gasteiger partial charge in [-0.05, 0) is 17.7 Å². The first-order chi connectivity index (χ1) is 9.22. The van der Waals surface area contributed by atoms with Crippen LogP contribution in [0.4, 0.5) is 0 Å². The summed E-state index contributed by atoms with van der Waals surface area (Å²) in [6.07, 6.45) is 1.49. The van der Waals surface area contributed by atoms with E-state index in [2.05, 4.69) is 15.9 Å². The molecule has 2 aliphatic rings. The summed E-state index contributed by atoms with van der Waals surface area (Å²) in [5.41, 5.74) is 1.08. The van der Waals surface area contributed by atoms with Crippen LogP contribution in [0.5, 0.6) is 11.5 Å². The van der Waals surface area contributed by atoms with Gasteiger partial charge in [-0.1, -0.05) is 22.0 Å². The molecule has 1 atom stereocenters. The smallest absolute Gasteiger partial charge is 0.224 e. The Kier molecular flexibility index (Phi) is 3.64. The van der Waals surface area contributed by atoms with Gasteiger partial charge in [0.05, 0.1) is 13.2 Å². The molecule has 1 aromatic carbocycles. The standard InChI is InChI=1S/C14H16BrNO3/c15-11-7-14(17)16(9-11)8-10-2-3-12-13(6-10)19-5-1-4-18-12/h2-3,6,11H,1,4-5,7-9H2. The quantitative estimate of drug-likeness (QED) is 0.783. The van der Waals surface area contributed by atoms with Crippen LogP contribution in [0.25, 0.3) is 0 Å². The van der Waals surface area contributed by atoms with E-state index in [9.17, 15) is 4.79 Å². The summed E-state index contributed by atoms with van der Waals surface area (Å²) in [6, 6.07) is 5.92. The summed E-state index contributed by atoms with van der Waals surface area (Å²) in [7, 11) is 0. The number of rotatable bonds is 2. The number of hydrogen-bond acceptors (Lipinski definition) is 3. The van der Waals surface area contributed by atoms with Gasteiger partial charge in [-0.2, -0.15) is 0 Å². The van der Waals surface area contributed by atoms with Crippen molar-refractivity contribution < 1.29 is 14.3 Å². The fraction of sp³-hybridized carbons (Fsp3) is 0.500. The van der Waals surface area contributed by atoms with E-state index in [1.165, 1.54) is 0 Å². The van der Waals surface area contributed by atoms with E-state index in [0.29, 0.717) is 26.2 Å². The Hall–Kier alpha value is -1.23. The number of nitrogens with zero attached hydrogens (tertiary/aromatic N) is 1. The fourth-order valence-electron chi connectivity index (χ4n) is 2.40. The monoisotopic (exact) mass is 325 g/mol. The van der Waals surface area contributed by atoms with E-state index in [-0.39, 0.29) is 10.7 Å². The van der Waals surface area contributed by atoms with Crippen LogP contribution in [-0.2, 0) is 11.3 Å². The lowest BCUT2D eigenvalue weighted by molar-refractivity contribution is -0.128. The summed E-state index contributed by atoms with van der Waals surface area (Å²) in [5, 5.41) is 0. The van der Waals surface area contributed by atoms with Gasteiger partial charge in [-0.25, -0.2) is 0 Å². The Morgan fingerprint density at radius 3 is 2.79 bits per heavy atom. The maximum absolute atomic E-state index is 11.8. The molecule has 0 N–H and O–H groups in total. The van der Waals surface area contributed by atoms with Crippen molar-refractivity contribution in [1.82, 2.24) is 4.90 Å². The second-order valence-corrected chi connectivity index (χ2v) is 6.20. The predicted octanol–water partition coefficient (Wildman–Crippen LogP) is 2.34. The zero-order chi connectivity index (χ0) is 13.2. The van der Waals surface area contributed by atoms with Crippen LogP contribution in [-0.4, -0.2) is 35.4 Å². The minimum Gasteiger partial charge on any atom is -0.490 e. The molecule has 0 saturated carbocycles. The largest absolute Gasteiger partial charge is 0.490 e. The number of carbonyl (C=O) groups excluding carboxylic acids is 1. The van der Waals surface area contributed by atoms with Crippen LogP contribution in [0.15, 0.2) is 18.2 Å². The first kappa shape index (κ1) is 12.8. The zero-order valence-corrected chi connectivity index (χ0v) is 12.2. The van der Waals surface area contributed by atoms with Crippen LogP contribution in [0.3, 0.4) is 0 Å². The predicted molar refractivity (Wildman–Crippen MR) is 74.8 cm³/mol. The summed E-state index contributed by atoms with van der Waals surface area (Å²) in [5.74, 6) is 1.79. The highest BCUT2D eigenvalue weighted by molar-refractivity contribution is 9.09. The summed E-state index contributed by atoms with van der Waals surface area (Å²) in [6.45, 7) is 2.79. The van der Waals surface area contributed by atoms with Crippen molar-refractivity contribution in [3.63, 3.8) is 0 Å². The van der Waals surface area contributed by atoms with E-state index >= 15 is 0 Å². The van der Waals surface area contributed by atoms with Gasteiger partial charge >= 0.3 is 0 Å². The van der Waals surface area contributed by atoms with Gasteiger partial charge in [0.25, 0.3) is 0 Å². The van der Waals surface area contributed by atoms with Crippen LogP contribution >= 0.6 is 15.9 Å². The third kappa shape index (κ3) is 2.86. The minimum absolute atomic E-state index is 0.203. The zero-order valence-electron chi connectivity index (χ0n) is 10.6. The Morgan fingerprint density at radius 2 is 2.05 bits per heavy atom. The number of alkyl halides is 1. The van der Waals surface area contributed by atoms with E-state index in [4.69, 9.17) is 9.47 Å². The highest BCUT2D eigenvalue weighted by Crippen LogP contribution is 2.31. The fourth-order valence-corrected chi connectivity index (χ4v) is 3.03. The number of carbonyl (C=O) groups is 1. The minimum atomic E-state index is 0.203. The molecule has 1 fully saturated rings. The molecule has 0 aromatic heterocycles. The maximum atomic E-state index is 11.8. The van der Waals surface area contributed by atoms with Gasteiger partial charge in [0.1, 0.15) is 0 Å². The molecule has 0 spiro atoms. The molecule has 3 rings (SSSR count). The molecule has 102 valence electrons. The molecule has 1 saturated heterocycles. The lowest BCUT2D eigenvalue weighted by Gasteiger charge is -2.17. The molecular formula is C14H16BrNO3. The molecule has 5 heteroatoms. The van der Waals surface area contributed by atoms with Crippen molar-refractivity contribution in [3.05, 3.63) is 23.8 Å². The van der Waals surface area contributed by atoms with Crippen molar-refractivity contribution in [2.45, 2.75) is 24.2 Å². The Morgan fingerprint density at radius 1 is 1.26 bits per heavy atom. The van der Waals surface area contributed by atoms with E-state index in [1.807, 2.05) is 23.1 Å². The van der Waals surface area contributed by atoms with Gasteiger partial charge in [0.15, 0.2) is 11.5 Å². The summed E-state index contributed by atoms with van der Waals surface area (Å²) < 4.78 is 11.3. The molecule has 0 aliphatic carbocycles. The van der Waals surface area contributed by atoms with Crippen LogP contribution in [0.1, 0.15) is 18.4 Å². The summed E-state index contributed by atoms with van der Waals surface area (Å²) >= 11 is 3.50. The molecule has 2 heterocycles. The Labute approximate surface area is 120 Å². The second kappa shape index (κ2) is 5.41. The Balaban J connectivity index is 1.75. The average molecular weight is 326 g/mol. The lowest BCUT2D eigenvalue weighted by Crippen LogP contribution is -2.24. The van der Waals surface area contributed by atoms with E-state index in [0.717, 1.165) is 30.0 Å². The number of hydrogen-bond donors (Lipinski definition) is 0. The van der Waals surface area contributed by atoms with E-state index in [1.54, 1.807) is 0 Å². The number of fused-ring (bicyclic) bond motifs is 1. The van der Waals surface area contributed by atoms with Gasteiger partial charge in [-0.15, -0.1) is 0 Å². The highest BCUT2D eigenvalue weighted by atomic mass is 79.9. The van der Waals surface area contributed by atoms with Gasteiger partial charge < -0.3 is 14.4 Å². The van der Waals surface area contributed by atoms with Crippen LogP contribution in [0.2, 0.25) is 0 Å². The molecular weight excluding hydrogens is 310 g/mol. The third-order valence-corrected chi connectivity index (χ3v) is 3.97. The maximum Gasteiger partial charge on any atom is 0.224 e. The van der Waals surface area contributed by atoms with E-state index < -0.39 is 0 Å². The van der Waals surface area contributed by atoms with Gasteiger partial charge in [0, 0.05) is 30.8 Å².